The molecule has 3 rings (SSSR count). The van der Waals surface area contributed by atoms with E-state index in [-0.39, 0.29) is 24.2 Å². The number of halogens is 1. The summed E-state index contributed by atoms with van der Waals surface area (Å²) in [6.07, 6.45) is 0.834. The van der Waals surface area contributed by atoms with E-state index in [9.17, 15) is 9.59 Å². The molecule has 0 aromatic heterocycles. The van der Waals surface area contributed by atoms with Crippen LogP contribution in [0.3, 0.4) is 0 Å². The smallest absolute Gasteiger partial charge is 0.237 e. The number of carbonyl (C=O) groups is 2. The fourth-order valence-corrected chi connectivity index (χ4v) is 2.93. The van der Waals surface area contributed by atoms with Gasteiger partial charge in [-0.25, -0.2) is 0 Å². The molecule has 2 amide bonds. The van der Waals surface area contributed by atoms with Gasteiger partial charge in [-0.3, -0.25) is 14.5 Å². The maximum absolute atomic E-state index is 12.6. The maximum atomic E-state index is 12.6. The van der Waals surface area contributed by atoms with Gasteiger partial charge >= 0.3 is 0 Å². The third kappa shape index (κ3) is 2.90. The van der Waals surface area contributed by atoms with Crippen LogP contribution in [0.1, 0.15) is 17.5 Å². The predicted octanol–water partition coefficient (Wildman–Crippen LogP) is 3.77. The molecule has 0 saturated carbocycles. The van der Waals surface area contributed by atoms with Crippen LogP contribution >= 0.6 is 11.6 Å². The number of anilines is 1. The first kappa shape index (κ1) is 14.8. The molecule has 1 fully saturated rings. The minimum absolute atomic E-state index is 0.146. The summed E-state index contributed by atoms with van der Waals surface area (Å²) in [5, 5.41) is 0.514. The molecule has 0 bridgehead atoms. The summed E-state index contributed by atoms with van der Waals surface area (Å²) in [6.45, 7) is 2.02. The van der Waals surface area contributed by atoms with Crippen LogP contribution in [0.5, 0.6) is 0 Å². The largest absolute Gasteiger partial charge is 0.274 e. The van der Waals surface area contributed by atoms with Gasteiger partial charge in [0.05, 0.1) is 11.6 Å². The van der Waals surface area contributed by atoms with Gasteiger partial charge in [-0.05, 0) is 37.1 Å². The summed E-state index contributed by atoms with van der Waals surface area (Å²) in [5.41, 5.74) is 2.80. The Morgan fingerprint density at radius 2 is 1.86 bits per heavy atom. The summed E-state index contributed by atoms with van der Waals surface area (Å²) in [6, 6.07) is 14.9. The Labute approximate surface area is 134 Å². The second-order valence-electron chi connectivity index (χ2n) is 5.64. The van der Waals surface area contributed by atoms with Gasteiger partial charge in [-0.2, -0.15) is 0 Å². The van der Waals surface area contributed by atoms with Crippen LogP contribution in [0, 0.1) is 12.8 Å². The number of amides is 2. The van der Waals surface area contributed by atoms with Crippen LogP contribution in [-0.2, 0) is 16.0 Å². The third-order valence-corrected chi connectivity index (χ3v) is 4.14. The molecule has 0 N–H and O–H groups in total. The van der Waals surface area contributed by atoms with Crippen molar-refractivity contribution in [3.63, 3.8) is 0 Å². The molecule has 1 aliphatic heterocycles. The van der Waals surface area contributed by atoms with E-state index in [0.29, 0.717) is 17.1 Å². The van der Waals surface area contributed by atoms with Crippen molar-refractivity contribution in [2.45, 2.75) is 19.8 Å². The number of hydrogen-bond acceptors (Lipinski definition) is 2. The molecule has 22 heavy (non-hydrogen) atoms. The molecule has 2 aromatic carbocycles. The molecule has 1 saturated heterocycles. The molecule has 112 valence electrons. The van der Waals surface area contributed by atoms with Gasteiger partial charge in [-0.1, -0.05) is 47.5 Å². The Kier molecular flexibility index (Phi) is 3.99. The molecule has 1 heterocycles. The Morgan fingerprint density at radius 1 is 1.14 bits per heavy atom. The number of nitrogens with zero attached hydrogens (tertiary/aromatic N) is 1. The first-order valence-corrected chi connectivity index (χ1v) is 7.60. The molecular formula is C18H16ClNO2. The van der Waals surface area contributed by atoms with Crippen LogP contribution < -0.4 is 4.90 Å². The predicted molar refractivity (Wildman–Crippen MR) is 86.9 cm³/mol. The lowest BCUT2D eigenvalue weighted by molar-refractivity contribution is -0.122. The Hall–Kier alpha value is -2.13. The Morgan fingerprint density at radius 3 is 2.55 bits per heavy atom. The Bertz CT molecular complexity index is 724. The molecule has 1 atom stereocenters. The van der Waals surface area contributed by atoms with E-state index >= 15 is 0 Å². The standard InChI is InChI=1S/C18H16ClNO2/c1-12-5-7-13(8-6-12)9-14-10-17(21)20(18(14)22)16-4-2-3-15(19)11-16/h2-8,11,14H,9-10H2,1H3. The minimum atomic E-state index is -0.297. The van der Waals surface area contributed by atoms with Crippen LogP contribution in [-0.4, -0.2) is 11.8 Å². The SMILES string of the molecule is Cc1ccc(CC2CC(=O)N(c3cccc(Cl)c3)C2=O)cc1. The van der Waals surface area contributed by atoms with E-state index in [2.05, 4.69) is 0 Å². The number of carbonyl (C=O) groups excluding carboxylic acids is 2. The molecule has 1 aliphatic rings. The first-order chi connectivity index (χ1) is 10.5. The summed E-state index contributed by atoms with van der Waals surface area (Å²) in [7, 11) is 0. The number of benzene rings is 2. The summed E-state index contributed by atoms with van der Waals surface area (Å²) in [4.78, 5) is 26.0. The lowest BCUT2D eigenvalue weighted by Crippen LogP contribution is -2.30. The van der Waals surface area contributed by atoms with E-state index in [1.165, 1.54) is 10.5 Å². The summed E-state index contributed by atoms with van der Waals surface area (Å²) < 4.78 is 0. The van der Waals surface area contributed by atoms with Gasteiger partial charge in [0.25, 0.3) is 0 Å². The quantitative estimate of drug-likeness (QED) is 0.809. The van der Waals surface area contributed by atoms with E-state index in [1.54, 1.807) is 24.3 Å². The normalized spacial score (nSPS) is 18.1. The highest BCUT2D eigenvalue weighted by molar-refractivity contribution is 6.31. The Balaban J connectivity index is 1.81. The van der Waals surface area contributed by atoms with E-state index in [1.807, 2.05) is 31.2 Å². The minimum Gasteiger partial charge on any atom is -0.274 e. The van der Waals surface area contributed by atoms with E-state index in [0.717, 1.165) is 5.56 Å². The van der Waals surface area contributed by atoms with Crippen LogP contribution in [0.4, 0.5) is 5.69 Å². The average molecular weight is 314 g/mol. The third-order valence-electron chi connectivity index (χ3n) is 3.91. The number of hydrogen-bond donors (Lipinski definition) is 0. The fourth-order valence-electron chi connectivity index (χ4n) is 2.75. The number of imide groups is 1. The van der Waals surface area contributed by atoms with Crippen molar-refractivity contribution in [3.05, 3.63) is 64.7 Å². The second-order valence-corrected chi connectivity index (χ2v) is 6.07. The lowest BCUT2D eigenvalue weighted by atomic mass is 9.97. The van der Waals surface area contributed by atoms with Gasteiger partial charge in [0.15, 0.2) is 0 Å². The van der Waals surface area contributed by atoms with E-state index < -0.39 is 0 Å². The molecule has 0 aliphatic carbocycles. The van der Waals surface area contributed by atoms with Crippen LogP contribution in [0.25, 0.3) is 0 Å². The van der Waals surface area contributed by atoms with Crippen molar-refractivity contribution in [2.24, 2.45) is 5.92 Å². The van der Waals surface area contributed by atoms with Crippen molar-refractivity contribution in [3.8, 4) is 0 Å². The number of aryl methyl sites for hydroxylation is 1. The van der Waals surface area contributed by atoms with Gasteiger partial charge < -0.3 is 0 Å². The topological polar surface area (TPSA) is 37.4 Å². The van der Waals surface area contributed by atoms with E-state index in [4.69, 9.17) is 11.6 Å². The number of rotatable bonds is 3. The van der Waals surface area contributed by atoms with Crippen molar-refractivity contribution >= 4 is 29.1 Å². The molecule has 0 spiro atoms. The van der Waals surface area contributed by atoms with Gasteiger partial charge in [0, 0.05) is 11.4 Å². The summed E-state index contributed by atoms with van der Waals surface area (Å²) in [5.74, 6) is -0.605. The molecular weight excluding hydrogens is 298 g/mol. The second kappa shape index (κ2) is 5.93. The average Bonchev–Trinajstić information content (AvgIpc) is 2.76. The zero-order valence-corrected chi connectivity index (χ0v) is 13.0. The first-order valence-electron chi connectivity index (χ1n) is 7.22. The van der Waals surface area contributed by atoms with Crippen molar-refractivity contribution in [2.75, 3.05) is 4.90 Å². The van der Waals surface area contributed by atoms with Gasteiger partial charge in [0.1, 0.15) is 0 Å². The van der Waals surface area contributed by atoms with Gasteiger partial charge in [0.2, 0.25) is 11.8 Å². The molecule has 0 radical (unpaired) electrons. The zero-order valence-electron chi connectivity index (χ0n) is 12.3. The highest BCUT2D eigenvalue weighted by Crippen LogP contribution is 2.30. The molecule has 3 nitrogen and oxygen atoms in total. The fraction of sp³-hybridized carbons (Fsp3) is 0.222. The van der Waals surface area contributed by atoms with Crippen LogP contribution in [0.15, 0.2) is 48.5 Å². The zero-order chi connectivity index (χ0) is 15.7. The maximum Gasteiger partial charge on any atom is 0.237 e. The van der Waals surface area contributed by atoms with Crippen LogP contribution in [0.2, 0.25) is 5.02 Å². The lowest BCUT2D eigenvalue weighted by Gasteiger charge is -2.15. The monoisotopic (exact) mass is 313 g/mol. The molecule has 2 aromatic rings. The summed E-state index contributed by atoms with van der Waals surface area (Å²) >= 11 is 5.95. The molecule has 1 unspecified atom stereocenters. The van der Waals surface area contributed by atoms with Crippen molar-refractivity contribution in [1.82, 2.24) is 0 Å². The van der Waals surface area contributed by atoms with Gasteiger partial charge in [-0.15, -0.1) is 0 Å². The highest BCUT2D eigenvalue weighted by Gasteiger charge is 2.39. The van der Waals surface area contributed by atoms with Crippen molar-refractivity contribution in [1.29, 1.82) is 0 Å². The van der Waals surface area contributed by atoms with Crippen molar-refractivity contribution < 1.29 is 9.59 Å². The highest BCUT2D eigenvalue weighted by atomic mass is 35.5. The molecule has 4 heteroatoms.